The van der Waals surface area contributed by atoms with Gasteiger partial charge in [0.2, 0.25) is 17.7 Å². The van der Waals surface area contributed by atoms with Crippen molar-refractivity contribution in [3.05, 3.63) is 77.0 Å². The minimum atomic E-state index is -0.838. The number of carbonyl (C=O) groups is 3. The average Bonchev–Trinajstić information content (AvgIpc) is 3.93. The smallest absolute Gasteiger partial charge is 0.246 e. The minimum Gasteiger partial charge on any atom is -0.507 e. The first-order valence-corrected chi connectivity index (χ1v) is 25.2. The third kappa shape index (κ3) is 10.3. The minimum absolute atomic E-state index is 0.0451. The summed E-state index contributed by atoms with van der Waals surface area (Å²) in [4.78, 5) is 54.5. The van der Waals surface area contributed by atoms with Crippen LogP contribution in [0.25, 0.3) is 22.3 Å². The first-order valence-electron chi connectivity index (χ1n) is 25.2. The Morgan fingerprint density at radius 2 is 1.62 bits per heavy atom. The second-order valence-corrected chi connectivity index (χ2v) is 21.5. The van der Waals surface area contributed by atoms with Crippen molar-refractivity contribution in [3.63, 3.8) is 0 Å². The summed E-state index contributed by atoms with van der Waals surface area (Å²) < 4.78 is 0. The Bertz CT molecular complexity index is 2470. The molecule has 14 nitrogen and oxygen atoms in total. The van der Waals surface area contributed by atoms with Crippen LogP contribution in [0.15, 0.2) is 54.6 Å². The number of β-amino-alcohol motifs (C(OH)–C–C–N with tert-alkyl or cyclic N) is 1. The third-order valence-electron chi connectivity index (χ3n) is 16.0. The molecule has 5 N–H and O–H groups in total. The summed E-state index contributed by atoms with van der Waals surface area (Å²) in [5.41, 5.74) is 5.82. The van der Waals surface area contributed by atoms with Gasteiger partial charge >= 0.3 is 0 Å². The highest BCUT2D eigenvalue weighted by molar-refractivity contribution is 5.93. The maximum Gasteiger partial charge on any atom is 0.246 e. The molecule has 4 atom stereocenters. The quantitative estimate of drug-likeness (QED) is 0.116. The van der Waals surface area contributed by atoms with E-state index >= 15 is 0 Å². The number of amides is 3. The largest absolute Gasteiger partial charge is 0.507 e. The number of phenolic OH excluding ortho intramolecular Hbond substituents is 1. The number of para-hydroxylation sites is 1. The number of hydrogen-bond acceptors (Lipinski definition) is 10. The Morgan fingerprint density at radius 3 is 2.31 bits per heavy atom. The van der Waals surface area contributed by atoms with Gasteiger partial charge in [0.25, 0.3) is 0 Å². The van der Waals surface area contributed by atoms with Crippen LogP contribution in [-0.4, -0.2) is 139 Å². The van der Waals surface area contributed by atoms with Gasteiger partial charge in [0.05, 0.1) is 11.8 Å². The summed E-state index contributed by atoms with van der Waals surface area (Å²) in [6, 6.07) is 16.6. The number of aliphatic hydroxyl groups is 1. The molecule has 0 bridgehead atoms. The first-order chi connectivity index (χ1) is 32.7. The Morgan fingerprint density at radius 1 is 0.897 bits per heavy atom. The number of fused-ring (bicyclic) bond motifs is 3. The Labute approximate surface area is 401 Å². The van der Waals surface area contributed by atoms with Crippen LogP contribution in [0.2, 0.25) is 0 Å². The summed E-state index contributed by atoms with van der Waals surface area (Å²) in [7, 11) is 0. The Kier molecular flexibility index (Phi) is 14.3. The van der Waals surface area contributed by atoms with Crippen LogP contribution in [0.1, 0.15) is 114 Å². The number of phenols is 1. The van der Waals surface area contributed by atoms with Gasteiger partial charge in [-0.05, 0) is 137 Å². The molecule has 3 saturated heterocycles. The third-order valence-corrected chi connectivity index (χ3v) is 16.0. The number of nitrogens with zero attached hydrogens (tertiary/aromatic N) is 6. The molecule has 5 aliphatic rings. The van der Waals surface area contributed by atoms with Gasteiger partial charge in [0, 0.05) is 85.3 Å². The number of aromatic amines is 1. The van der Waals surface area contributed by atoms with E-state index in [-0.39, 0.29) is 54.9 Å². The predicted molar refractivity (Wildman–Crippen MR) is 263 cm³/mol. The highest BCUT2D eigenvalue weighted by Gasteiger charge is 2.45. The van der Waals surface area contributed by atoms with Crippen molar-refractivity contribution >= 4 is 28.8 Å². The number of benzene rings is 2. The van der Waals surface area contributed by atoms with Crippen molar-refractivity contribution < 1.29 is 24.6 Å². The van der Waals surface area contributed by atoms with Gasteiger partial charge in [-0.2, -0.15) is 0 Å². The fourth-order valence-corrected chi connectivity index (χ4v) is 12.1. The highest BCUT2D eigenvalue weighted by atomic mass is 16.3. The Hall–Kier alpha value is -5.33. The van der Waals surface area contributed by atoms with E-state index in [2.05, 4.69) is 59.4 Å². The van der Waals surface area contributed by atoms with Crippen molar-refractivity contribution in [2.24, 2.45) is 17.3 Å². The number of H-pyrrole nitrogens is 1. The van der Waals surface area contributed by atoms with Gasteiger partial charge < -0.3 is 40.5 Å². The topological polar surface area (TPSA) is 170 Å². The predicted octanol–water partition coefficient (Wildman–Crippen LogP) is 5.78. The van der Waals surface area contributed by atoms with Gasteiger partial charge in [0.15, 0.2) is 5.65 Å². The molecule has 0 spiro atoms. The molecular weight excluding hydrogens is 855 g/mol. The lowest BCUT2D eigenvalue weighted by atomic mass is 9.83. The van der Waals surface area contributed by atoms with E-state index in [9.17, 15) is 24.6 Å². The molecule has 3 amide bonds. The molecule has 68 heavy (non-hydrogen) atoms. The van der Waals surface area contributed by atoms with Crippen LogP contribution in [-0.2, 0) is 27.3 Å². The van der Waals surface area contributed by atoms with E-state index in [0.29, 0.717) is 29.3 Å². The molecule has 9 rings (SSSR count). The van der Waals surface area contributed by atoms with Crippen molar-refractivity contribution in [1.29, 1.82) is 0 Å². The summed E-state index contributed by atoms with van der Waals surface area (Å²) in [5, 5.41) is 37.3. The van der Waals surface area contributed by atoms with Crippen molar-refractivity contribution in [2.45, 2.75) is 135 Å². The molecule has 362 valence electrons. The number of rotatable bonds is 11. The molecule has 1 saturated carbocycles. The zero-order chi connectivity index (χ0) is 47.7. The van der Waals surface area contributed by atoms with E-state index < -0.39 is 23.6 Å². The number of hydrogen-bond donors (Lipinski definition) is 5. The molecule has 2 aromatic carbocycles. The molecule has 2 aromatic heterocycles. The van der Waals surface area contributed by atoms with Gasteiger partial charge in [-0.25, -0.2) is 0 Å². The molecule has 14 heteroatoms. The molecule has 4 aliphatic heterocycles. The van der Waals surface area contributed by atoms with E-state index in [0.717, 1.165) is 80.7 Å². The van der Waals surface area contributed by atoms with Crippen LogP contribution in [0.3, 0.4) is 0 Å². The summed E-state index contributed by atoms with van der Waals surface area (Å²) in [6.07, 6.45) is 14.6. The lowest BCUT2D eigenvalue weighted by Crippen LogP contribution is -2.58. The number of nitrogens with one attached hydrogen (secondary N) is 3. The summed E-state index contributed by atoms with van der Waals surface area (Å²) >= 11 is 0. The van der Waals surface area contributed by atoms with E-state index in [1.807, 2.05) is 63.2 Å². The number of carbonyl (C=O) groups excluding carboxylic acids is 3. The zero-order valence-corrected chi connectivity index (χ0v) is 40.4. The second kappa shape index (κ2) is 20.3. The van der Waals surface area contributed by atoms with Crippen LogP contribution >= 0.6 is 0 Å². The van der Waals surface area contributed by atoms with Gasteiger partial charge in [0.1, 0.15) is 17.8 Å². The maximum absolute atomic E-state index is 14.2. The number of aromatic nitrogens is 3. The van der Waals surface area contributed by atoms with Crippen molar-refractivity contribution in [1.82, 2.24) is 45.4 Å². The normalized spacial score (nSPS) is 25.2. The molecule has 0 radical (unpaired) electrons. The molecule has 1 aliphatic carbocycles. The van der Waals surface area contributed by atoms with E-state index in [1.54, 1.807) is 6.07 Å². The lowest BCUT2D eigenvalue weighted by Gasteiger charge is -2.46. The van der Waals surface area contributed by atoms with Crippen LogP contribution < -0.4 is 10.6 Å². The van der Waals surface area contributed by atoms with Gasteiger partial charge in [-0.3, -0.25) is 19.3 Å². The van der Waals surface area contributed by atoms with Crippen molar-refractivity contribution in [2.75, 3.05) is 45.8 Å². The molecular formula is C54H71N9O5. The number of piperidine rings is 2. The second-order valence-electron chi connectivity index (χ2n) is 21.5. The van der Waals surface area contributed by atoms with Gasteiger partial charge in [-0.15, -0.1) is 16.6 Å². The van der Waals surface area contributed by atoms with Crippen LogP contribution in [0, 0.1) is 29.6 Å². The fraction of sp³-hybridized carbons (Fsp3) is 0.574. The number of aromatic hydroxyl groups is 1. The first kappa shape index (κ1) is 47.7. The summed E-state index contributed by atoms with van der Waals surface area (Å²) in [5.74, 6) is 2.52. The standard InChI is InChI=1S/C54H71N9O5/c1-6-35-11-13-36(14-12-35)31-55-52(67)46-29-41(64)33-63(46)53(68)49(54(3,4)5)57-51(66)38-19-24-60(25-20-38)32-37-15-17-39(18-16-37)61-26-21-40(22-27-61)62-28-23-44-48(34(62)2)43-30-45(58-59-50(43)56-44)42-9-7-8-10-47(42)65/h1,7-14,30,34,37-41,46,49,64-65H,15-29,31-33H2,2-5H3,(H,55,67)(H,56,59)(H,57,66)/t34-,37?,39?,41-,46+,49-/m1/s1. The van der Waals surface area contributed by atoms with Gasteiger partial charge in [-0.1, -0.05) is 51.0 Å². The molecule has 6 heterocycles. The highest BCUT2D eigenvalue weighted by Crippen LogP contribution is 2.40. The SMILES string of the molecule is C#Cc1ccc(CNC(=O)[C@@H]2C[C@@H](O)CN2C(=O)[C@@H](NC(=O)C2CCN(CC3CCC(N4CCC(N5CCc6[nH]c7nnc(-c8ccccc8O)cc7c6[C@H]5C)CC4)CC3)CC2)C(C)(C)C)cc1. The zero-order valence-electron chi connectivity index (χ0n) is 40.4. The number of aliphatic hydroxyl groups excluding tert-OH is 1. The lowest BCUT2D eigenvalue weighted by molar-refractivity contribution is -0.144. The molecule has 0 unspecified atom stereocenters. The van der Waals surface area contributed by atoms with Crippen LogP contribution in [0.4, 0.5) is 0 Å². The molecule has 4 aromatic rings. The molecule has 4 fully saturated rings. The average molecular weight is 926 g/mol. The maximum atomic E-state index is 14.2. The monoisotopic (exact) mass is 926 g/mol. The fourth-order valence-electron chi connectivity index (χ4n) is 12.1. The number of likely N-dealkylation sites (tertiary alicyclic amines) is 3. The van der Waals surface area contributed by atoms with E-state index in [4.69, 9.17) is 6.42 Å². The van der Waals surface area contributed by atoms with Crippen molar-refractivity contribution in [3.8, 4) is 29.4 Å². The Balaban J connectivity index is 0.712. The summed E-state index contributed by atoms with van der Waals surface area (Å²) in [6.45, 7) is 14.6. The van der Waals surface area contributed by atoms with Crippen LogP contribution in [0.5, 0.6) is 5.75 Å². The van der Waals surface area contributed by atoms with E-state index in [1.165, 1.54) is 54.7 Å². The number of terminal acetylenes is 1.